The number of anilines is 6. The van der Waals surface area contributed by atoms with Crippen LogP contribution in [0.4, 0.5) is 34.1 Å². The number of hydrogen-bond donors (Lipinski definition) is 0. The molecule has 0 aromatic heterocycles. The number of benzene rings is 7. The van der Waals surface area contributed by atoms with E-state index in [0.29, 0.717) is 0 Å². The quantitative estimate of drug-likeness (QED) is 0.203. The van der Waals surface area contributed by atoms with Crippen LogP contribution >= 0.6 is 0 Å². The number of hydrogen-bond acceptors (Lipinski definition) is 4. The van der Waals surface area contributed by atoms with Crippen molar-refractivity contribution >= 4 is 34.1 Å². The molecule has 4 nitrogen and oxygen atoms in total. The molecule has 7 aromatic carbocycles. The average molecular weight is 593 g/mol. The van der Waals surface area contributed by atoms with Crippen molar-refractivity contribution in [1.29, 1.82) is 0 Å². The summed E-state index contributed by atoms with van der Waals surface area (Å²) in [5.41, 5.74) is 10.7. The lowest BCUT2D eigenvalue weighted by Crippen LogP contribution is -2.18. The summed E-state index contributed by atoms with van der Waals surface area (Å²) in [6, 6.07) is 59.0. The zero-order chi connectivity index (χ0) is 30.5. The van der Waals surface area contributed by atoms with E-state index in [1.54, 1.807) is 0 Å². The summed E-state index contributed by atoms with van der Waals surface area (Å²) in [6.45, 7) is 0. The monoisotopic (exact) mass is 592 g/mol. The van der Waals surface area contributed by atoms with Gasteiger partial charge in [0.1, 0.15) is 0 Å². The Kier molecular flexibility index (Phi) is 6.10. The van der Waals surface area contributed by atoms with E-state index in [2.05, 4.69) is 131 Å². The highest BCUT2D eigenvalue weighted by Gasteiger charge is 2.29. The molecule has 2 aliphatic rings. The summed E-state index contributed by atoms with van der Waals surface area (Å²) in [7, 11) is 0. The summed E-state index contributed by atoms with van der Waals surface area (Å²) >= 11 is 0. The van der Waals surface area contributed by atoms with Crippen molar-refractivity contribution in [2.75, 3.05) is 9.80 Å². The standard InChI is InChI=1S/C42H28N2O2/c1-2-12-29(13-3-1)30-22-24-31(25-23-30)32-26-33(43-35-14-4-8-18-39(35)45-40-19-9-5-15-36(40)43)28-34(27-32)44-37-16-6-10-20-41(37)46-42-21-11-7-17-38(42)44/h1-28H. The van der Waals surface area contributed by atoms with Crippen LogP contribution in [0.5, 0.6) is 23.0 Å². The highest BCUT2D eigenvalue weighted by molar-refractivity contribution is 5.93. The van der Waals surface area contributed by atoms with E-state index in [0.717, 1.165) is 68.2 Å². The normalized spacial score (nSPS) is 12.6. The van der Waals surface area contributed by atoms with E-state index in [4.69, 9.17) is 9.47 Å². The molecule has 4 heteroatoms. The van der Waals surface area contributed by atoms with Crippen LogP contribution in [-0.4, -0.2) is 0 Å². The molecule has 0 saturated carbocycles. The molecule has 0 amide bonds. The molecule has 9 rings (SSSR count). The number of fused-ring (bicyclic) bond motifs is 4. The fourth-order valence-corrected chi connectivity index (χ4v) is 6.47. The van der Waals surface area contributed by atoms with Crippen LogP contribution in [0.15, 0.2) is 170 Å². The van der Waals surface area contributed by atoms with Gasteiger partial charge in [-0.05, 0) is 89.0 Å². The lowest BCUT2D eigenvalue weighted by Gasteiger charge is -2.36. The number of para-hydroxylation sites is 8. The minimum absolute atomic E-state index is 0.822. The molecule has 7 aromatic rings. The van der Waals surface area contributed by atoms with Crippen LogP contribution in [0.3, 0.4) is 0 Å². The maximum Gasteiger partial charge on any atom is 0.151 e. The number of nitrogens with zero attached hydrogens (tertiary/aromatic N) is 2. The molecule has 0 unspecified atom stereocenters. The van der Waals surface area contributed by atoms with Crippen LogP contribution in [-0.2, 0) is 0 Å². The third kappa shape index (κ3) is 4.39. The smallest absolute Gasteiger partial charge is 0.151 e. The molecule has 0 spiro atoms. The first-order valence-corrected chi connectivity index (χ1v) is 15.4. The van der Waals surface area contributed by atoms with Gasteiger partial charge in [-0.2, -0.15) is 0 Å². The van der Waals surface area contributed by atoms with Gasteiger partial charge in [-0.25, -0.2) is 0 Å². The van der Waals surface area contributed by atoms with Crippen LogP contribution in [0.2, 0.25) is 0 Å². The predicted molar refractivity (Wildman–Crippen MR) is 187 cm³/mol. The third-order valence-corrected chi connectivity index (χ3v) is 8.61. The molecule has 0 radical (unpaired) electrons. The molecule has 0 N–H and O–H groups in total. The molecule has 0 fully saturated rings. The van der Waals surface area contributed by atoms with E-state index in [1.807, 2.05) is 48.5 Å². The summed E-state index contributed by atoms with van der Waals surface area (Å²) in [6.07, 6.45) is 0. The summed E-state index contributed by atoms with van der Waals surface area (Å²) in [4.78, 5) is 4.61. The van der Waals surface area contributed by atoms with Crippen molar-refractivity contribution in [3.63, 3.8) is 0 Å². The van der Waals surface area contributed by atoms with Gasteiger partial charge in [-0.15, -0.1) is 0 Å². The zero-order valence-electron chi connectivity index (χ0n) is 24.9. The minimum atomic E-state index is 0.822. The van der Waals surface area contributed by atoms with Gasteiger partial charge >= 0.3 is 0 Å². The molecule has 0 saturated heterocycles. The molecular weight excluding hydrogens is 564 g/mol. The third-order valence-electron chi connectivity index (χ3n) is 8.61. The van der Waals surface area contributed by atoms with Crippen LogP contribution in [0.25, 0.3) is 22.3 Å². The van der Waals surface area contributed by atoms with Gasteiger partial charge in [0.15, 0.2) is 23.0 Å². The van der Waals surface area contributed by atoms with Crippen molar-refractivity contribution in [2.45, 2.75) is 0 Å². The lowest BCUT2D eigenvalue weighted by molar-refractivity contribution is 0.477. The van der Waals surface area contributed by atoms with E-state index < -0.39 is 0 Å². The largest absolute Gasteiger partial charge is 0.453 e. The molecule has 2 aliphatic heterocycles. The first-order valence-electron chi connectivity index (χ1n) is 15.4. The lowest BCUT2D eigenvalue weighted by atomic mass is 9.98. The minimum Gasteiger partial charge on any atom is -0.453 e. The van der Waals surface area contributed by atoms with Crippen molar-refractivity contribution in [3.05, 3.63) is 170 Å². The van der Waals surface area contributed by atoms with Gasteiger partial charge < -0.3 is 19.3 Å². The van der Waals surface area contributed by atoms with Crippen molar-refractivity contribution in [2.24, 2.45) is 0 Å². The SMILES string of the molecule is c1ccc(-c2ccc(-c3cc(N4c5ccccc5Oc5ccccc54)cc(N4c5ccccc5Oc5ccccc54)c3)cc2)cc1. The molecule has 2 heterocycles. The first-order chi connectivity index (χ1) is 22.8. The Morgan fingerprint density at radius 1 is 0.283 bits per heavy atom. The fraction of sp³-hybridized carbons (Fsp3) is 0. The van der Waals surface area contributed by atoms with E-state index in [-0.39, 0.29) is 0 Å². The predicted octanol–water partition coefficient (Wildman–Crippen LogP) is 12.2. The van der Waals surface area contributed by atoms with E-state index >= 15 is 0 Å². The Morgan fingerprint density at radius 3 is 1.02 bits per heavy atom. The second-order valence-corrected chi connectivity index (χ2v) is 11.4. The van der Waals surface area contributed by atoms with Crippen LogP contribution < -0.4 is 19.3 Å². The Balaban J connectivity index is 1.27. The van der Waals surface area contributed by atoms with Gasteiger partial charge in [-0.3, -0.25) is 0 Å². The van der Waals surface area contributed by atoms with E-state index in [9.17, 15) is 0 Å². The number of ether oxygens (including phenoxy) is 2. The topological polar surface area (TPSA) is 24.9 Å². The van der Waals surface area contributed by atoms with E-state index in [1.165, 1.54) is 11.1 Å². The zero-order valence-corrected chi connectivity index (χ0v) is 24.9. The van der Waals surface area contributed by atoms with Crippen molar-refractivity contribution in [1.82, 2.24) is 0 Å². The molecule has 218 valence electrons. The highest BCUT2D eigenvalue weighted by Crippen LogP contribution is 2.54. The Labute approximate surface area is 268 Å². The summed E-state index contributed by atoms with van der Waals surface area (Å²) < 4.78 is 12.7. The molecule has 0 atom stereocenters. The van der Waals surface area contributed by atoms with Gasteiger partial charge in [0, 0.05) is 11.4 Å². The molecule has 0 aliphatic carbocycles. The Hall–Kier alpha value is -6.26. The summed E-state index contributed by atoms with van der Waals surface area (Å²) in [5.74, 6) is 3.29. The van der Waals surface area contributed by atoms with Crippen LogP contribution in [0, 0.1) is 0 Å². The maximum atomic E-state index is 6.37. The Bertz CT molecular complexity index is 2020. The Morgan fingerprint density at radius 2 is 0.609 bits per heavy atom. The molecular formula is C42H28N2O2. The number of rotatable bonds is 4. The molecule has 0 bridgehead atoms. The summed E-state index contributed by atoms with van der Waals surface area (Å²) in [5, 5.41) is 0. The fourth-order valence-electron chi connectivity index (χ4n) is 6.47. The van der Waals surface area contributed by atoms with Crippen molar-refractivity contribution in [3.8, 4) is 45.3 Å². The van der Waals surface area contributed by atoms with Gasteiger partial charge in [0.25, 0.3) is 0 Å². The van der Waals surface area contributed by atoms with Gasteiger partial charge in [0.2, 0.25) is 0 Å². The maximum absolute atomic E-state index is 6.37. The molecule has 46 heavy (non-hydrogen) atoms. The first kappa shape index (κ1) is 26.2. The van der Waals surface area contributed by atoms with Crippen molar-refractivity contribution < 1.29 is 9.47 Å². The highest BCUT2D eigenvalue weighted by atomic mass is 16.5. The van der Waals surface area contributed by atoms with Crippen LogP contribution in [0.1, 0.15) is 0 Å². The van der Waals surface area contributed by atoms with Gasteiger partial charge in [0.05, 0.1) is 22.7 Å². The van der Waals surface area contributed by atoms with Gasteiger partial charge in [-0.1, -0.05) is 103 Å². The average Bonchev–Trinajstić information content (AvgIpc) is 3.13. The second kappa shape index (κ2) is 10.7. The second-order valence-electron chi connectivity index (χ2n) is 11.4.